The zero-order chi connectivity index (χ0) is 12.3. The smallest absolute Gasteiger partial charge is 0.210 e. The lowest BCUT2D eigenvalue weighted by Crippen LogP contribution is -2.43. The maximum Gasteiger partial charge on any atom is 0.210 e. The molecule has 1 radical (unpaired) electrons. The van der Waals surface area contributed by atoms with Gasteiger partial charge < -0.3 is 10.2 Å². The summed E-state index contributed by atoms with van der Waals surface area (Å²) in [6.45, 7) is -0.656. The van der Waals surface area contributed by atoms with E-state index in [0.29, 0.717) is 5.92 Å². The largest absolute Gasteiger partial charge is 0.395 e. The molecule has 2 atom stereocenters. The van der Waals surface area contributed by atoms with Crippen LogP contribution in [0.3, 0.4) is 0 Å². The molecule has 0 spiro atoms. The summed E-state index contributed by atoms with van der Waals surface area (Å²) in [5, 5.41) is 18.9. The SMILES string of the molecule is O=[C]C(CO)(CO)C1CCCC2CC=CC=C21. The third-order valence-electron chi connectivity index (χ3n) is 4.20. The first-order chi connectivity index (χ1) is 8.27. The fraction of sp³-hybridized carbons (Fsp3) is 0.643. The zero-order valence-corrected chi connectivity index (χ0v) is 9.93. The summed E-state index contributed by atoms with van der Waals surface area (Å²) in [6.07, 6.45) is 12.1. The highest BCUT2D eigenvalue weighted by Gasteiger charge is 2.44. The first kappa shape index (κ1) is 12.5. The Labute approximate surface area is 102 Å². The van der Waals surface area contributed by atoms with E-state index in [-0.39, 0.29) is 19.1 Å². The van der Waals surface area contributed by atoms with Crippen molar-refractivity contribution in [1.82, 2.24) is 0 Å². The molecule has 3 heteroatoms. The average Bonchev–Trinajstić information content (AvgIpc) is 2.41. The van der Waals surface area contributed by atoms with Gasteiger partial charge in [-0.05, 0) is 31.1 Å². The van der Waals surface area contributed by atoms with Crippen LogP contribution in [-0.4, -0.2) is 29.7 Å². The lowest BCUT2D eigenvalue weighted by atomic mass is 9.63. The first-order valence-electron chi connectivity index (χ1n) is 6.25. The van der Waals surface area contributed by atoms with Crippen LogP contribution in [-0.2, 0) is 4.79 Å². The van der Waals surface area contributed by atoms with Gasteiger partial charge in [0, 0.05) is 0 Å². The van der Waals surface area contributed by atoms with E-state index >= 15 is 0 Å². The van der Waals surface area contributed by atoms with Crippen LogP contribution >= 0.6 is 0 Å². The maximum atomic E-state index is 11.2. The number of hydrogen-bond donors (Lipinski definition) is 2. The molecule has 0 heterocycles. The molecule has 0 aromatic heterocycles. The van der Waals surface area contributed by atoms with E-state index in [4.69, 9.17) is 0 Å². The first-order valence-corrected chi connectivity index (χ1v) is 6.25. The van der Waals surface area contributed by atoms with Crippen LogP contribution in [0.5, 0.6) is 0 Å². The summed E-state index contributed by atoms with van der Waals surface area (Å²) in [5.41, 5.74) is 0.0978. The monoisotopic (exact) mass is 235 g/mol. The number of carbonyl (C=O) groups excluding carboxylic acids is 1. The Morgan fingerprint density at radius 3 is 2.76 bits per heavy atom. The van der Waals surface area contributed by atoms with Gasteiger partial charge in [-0.15, -0.1) is 0 Å². The quantitative estimate of drug-likeness (QED) is 0.773. The number of allylic oxidation sites excluding steroid dienone is 4. The molecule has 2 aliphatic carbocycles. The molecule has 0 aromatic carbocycles. The van der Waals surface area contributed by atoms with E-state index in [2.05, 4.69) is 12.2 Å². The number of hydrogen-bond acceptors (Lipinski definition) is 3. The van der Waals surface area contributed by atoms with Crippen LogP contribution in [0.2, 0.25) is 0 Å². The minimum absolute atomic E-state index is 0.0568. The van der Waals surface area contributed by atoms with Crippen LogP contribution in [0.4, 0.5) is 0 Å². The molecule has 17 heavy (non-hydrogen) atoms. The van der Waals surface area contributed by atoms with Crippen molar-refractivity contribution < 1.29 is 15.0 Å². The van der Waals surface area contributed by atoms with Gasteiger partial charge in [-0.3, -0.25) is 4.79 Å². The van der Waals surface area contributed by atoms with Crippen LogP contribution in [0.15, 0.2) is 23.8 Å². The van der Waals surface area contributed by atoms with Gasteiger partial charge >= 0.3 is 0 Å². The fourth-order valence-corrected chi connectivity index (χ4v) is 3.12. The Morgan fingerprint density at radius 1 is 1.35 bits per heavy atom. The molecule has 1 saturated carbocycles. The van der Waals surface area contributed by atoms with Crippen LogP contribution < -0.4 is 0 Å². The van der Waals surface area contributed by atoms with E-state index in [1.54, 1.807) is 0 Å². The molecule has 2 N–H and O–H groups in total. The van der Waals surface area contributed by atoms with E-state index in [0.717, 1.165) is 25.7 Å². The van der Waals surface area contributed by atoms with Crippen LogP contribution in [0, 0.1) is 17.3 Å². The second-order valence-electron chi connectivity index (χ2n) is 5.09. The molecule has 2 rings (SSSR count). The third kappa shape index (κ3) is 2.09. The van der Waals surface area contributed by atoms with Crippen LogP contribution in [0.1, 0.15) is 25.7 Å². The summed E-state index contributed by atoms with van der Waals surface area (Å²) >= 11 is 0. The maximum absolute atomic E-state index is 11.2. The van der Waals surface area contributed by atoms with Gasteiger partial charge in [-0.25, -0.2) is 0 Å². The minimum atomic E-state index is -1.12. The molecule has 1 fully saturated rings. The normalized spacial score (nSPS) is 28.5. The van der Waals surface area contributed by atoms with Crippen molar-refractivity contribution in [2.75, 3.05) is 13.2 Å². The van der Waals surface area contributed by atoms with Gasteiger partial charge in [0.05, 0.1) is 18.6 Å². The molecule has 2 aliphatic rings. The molecular weight excluding hydrogens is 216 g/mol. The Balaban J connectivity index is 2.32. The average molecular weight is 235 g/mol. The van der Waals surface area contributed by atoms with Crippen molar-refractivity contribution in [1.29, 1.82) is 0 Å². The number of rotatable bonds is 4. The minimum Gasteiger partial charge on any atom is -0.395 e. The second-order valence-corrected chi connectivity index (χ2v) is 5.09. The zero-order valence-electron chi connectivity index (χ0n) is 9.93. The predicted molar refractivity (Wildman–Crippen MR) is 65.0 cm³/mol. The van der Waals surface area contributed by atoms with Crippen LogP contribution in [0.25, 0.3) is 0 Å². The molecular formula is C14H19O3. The fourth-order valence-electron chi connectivity index (χ4n) is 3.12. The lowest BCUT2D eigenvalue weighted by Gasteiger charge is -2.41. The van der Waals surface area contributed by atoms with E-state index in [1.807, 2.05) is 12.4 Å². The molecule has 93 valence electrons. The summed E-state index contributed by atoms with van der Waals surface area (Å²) in [7, 11) is 0. The molecule has 0 bridgehead atoms. The Bertz CT molecular complexity index is 339. The van der Waals surface area contributed by atoms with Gasteiger partial charge in [0.25, 0.3) is 0 Å². The van der Waals surface area contributed by atoms with Gasteiger partial charge in [-0.1, -0.05) is 30.2 Å². The molecule has 2 unspecified atom stereocenters. The van der Waals surface area contributed by atoms with E-state index < -0.39 is 5.41 Å². The van der Waals surface area contributed by atoms with Crippen molar-refractivity contribution in [2.45, 2.75) is 25.7 Å². The number of aliphatic hydroxyl groups is 2. The third-order valence-corrected chi connectivity index (χ3v) is 4.20. The van der Waals surface area contributed by atoms with Gasteiger partial charge in [-0.2, -0.15) is 0 Å². The van der Waals surface area contributed by atoms with Gasteiger partial charge in [0.15, 0.2) is 0 Å². The Kier molecular flexibility index (Phi) is 3.79. The molecule has 0 saturated heterocycles. The van der Waals surface area contributed by atoms with Crippen molar-refractivity contribution in [3.63, 3.8) is 0 Å². The molecule has 0 aliphatic heterocycles. The summed E-state index contributed by atoms with van der Waals surface area (Å²) < 4.78 is 0. The highest BCUT2D eigenvalue weighted by atomic mass is 16.3. The Morgan fingerprint density at radius 2 is 2.12 bits per heavy atom. The van der Waals surface area contributed by atoms with Gasteiger partial charge in [0.2, 0.25) is 6.29 Å². The Hall–Kier alpha value is -0.930. The van der Waals surface area contributed by atoms with Crippen molar-refractivity contribution >= 4 is 6.29 Å². The standard InChI is InChI=1S/C14H19O3/c15-8-14(9-16,10-17)13-7-3-5-11-4-1-2-6-12(11)13/h1-2,6,11,13,15-16H,3-5,7-9H2. The van der Waals surface area contributed by atoms with E-state index in [1.165, 1.54) is 5.57 Å². The molecule has 0 aromatic rings. The highest BCUT2D eigenvalue weighted by Crippen LogP contribution is 2.45. The van der Waals surface area contributed by atoms with Crippen molar-refractivity contribution in [3.05, 3.63) is 23.8 Å². The van der Waals surface area contributed by atoms with Gasteiger partial charge in [0.1, 0.15) is 0 Å². The van der Waals surface area contributed by atoms with E-state index in [9.17, 15) is 15.0 Å². The lowest BCUT2D eigenvalue weighted by molar-refractivity contribution is 0.0558. The van der Waals surface area contributed by atoms with Crippen molar-refractivity contribution in [3.8, 4) is 0 Å². The number of aliphatic hydroxyl groups excluding tert-OH is 2. The second kappa shape index (κ2) is 5.15. The van der Waals surface area contributed by atoms with Crippen molar-refractivity contribution in [2.24, 2.45) is 17.3 Å². The number of fused-ring (bicyclic) bond motifs is 1. The summed E-state index contributed by atoms with van der Waals surface area (Å²) in [5.74, 6) is 0.420. The molecule has 0 amide bonds. The topological polar surface area (TPSA) is 57.5 Å². The summed E-state index contributed by atoms with van der Waals surface area (Å²) in [6, 6.07) is 0. The predicted octanol–water partition coefficient (Wildman–Crippen LogP) is 1.37. The summed E-state index contributed by atoms with van der Waals surface area (Å²) in [4.78, 5) is 11.2. The highest BCUT2D eigenvalue weighted by molar-refractivity contribution is 5.62. The molecule has 3 nitrogen and oxygen atoms in total.